The fraction of sp³-hybridized carbons (Fsp3) is 0.471. The number of halogens is 1. The molecule has 2 aromatic rings. The molecule has 148 valence electrons. The van der Waals surface area contributed by atoms with E-state index in [4.69, 9.17) is 20.9 Å². The molecule has 0 fully saturated rings. The minimum atomic E-state index is -3.72. The van der Waals surface area contributed by atoms with Gasteiger partial charge in [-0.25, -0.2) is 13.2 Å². The van der Waals surface area contributed by atoms with E-state index < -0.39 is 16.0 Å². The first kappa shape index (κ1) is 21.3. The molecule has 0 unspecified atom stereocenters. The van der Waals surface area contributed by atoms with E-state index in [1.54, 1.807) is 13.8 Å². The number of hydrogen-bond acceptors (Lipinski definition) is 7. The number of carbonyl (C=O) groups excluding carboxylic acids is 1. The first-order valence-electron chi connectivity index (χ1n) is 8.50. The van der Waals surface area contributed by atoms with Gasteiger partial charge in [0.2, 0.25) is 10.0 Å². The lowest BCUT2D eigenvalue weighted by atomic mass is 10.2. The molecule has 0 saturated heterocycles. The smallest absolute Gasteiger partial charge is 0.340 e. The Morgan fingerprint density at radius 1 is 1.30 bits per heavy atom. The lowest BCUT2D eigenvalue weighted by Crippen LogP contribution is -2.30. The van der Waals surface area contributed by atoms with E-state index in [9.17, 15) is 13.2 Å². The summed E-state index contributed by atoms with van der Waals surface area (Å²) in [5, 5.41) is 3.87. The monoisotopic (exact) mass is 415 g/mol. The van der Waals surface area contributed by atoms with Gasteiger partial charge in [-0.05, 0) is 18.2 Å². The second-order valence-electron chi connectivity index (χ2n) is 6.01. The van der Waals surface area contributed by atoms with Crippen LogP contribution < -0.4 is 0 Å². The molecule has 0 aliphatic heterocycles. The number of aromatic nitrogens is 2. The average Bonchev–Trinajstić information content (AvgIpc) is 3.10. The van der Waals surface area contributed by atoms with Crippen molar-refractivity contribution in [3.8, 4) is 0 Å². The quantitative estimate of drug-likeness (QED) is 0.609. The molecule has 1 aromatic carbocycles. The normalized spacial score (nSPS) is 12.0. The van der Waals surface area contributed by atoms with Gasteiger partial charge in [0.15, 0.2) is 12.4 Å². The number of esters is 1. The number of hydrogen-bond donors (Lipinski definition) is 0. The first-order chi connectivity index (χ1) is 12.7. The molecule has 0 radical (unpaired) electrons. The fourth-order valence-corrected chi connectivity index (χ4v) is 3.98. The highest BCUT2D eigenvalue weighted by Gasteiger charge is 2.24. The SMILES string of the molecule is CCN(CC)S(=O)(=O)c1ccc(Cl)c(C(=O)OCc2nc(C(C)C)no2)c1. The minimum Gasteiger partial charge on any atom is -0.452 e. The standard InChI is InChI=1S/C17H22ClN3O5S/c1-5-21(6-2)27(23,24)12-7-8-14(18)13(9-12)17(22)25-10-15-19-16(11(3)4)20-26-15/h7-9,11H,5-6,10H2,1-4H3. The van der Waals surface area contributed by atoms with Crippen molar-refractivity contribution in [2.75, 3.05) is 13.1 Å². The highest BCUT2D eigenvalue weighted by molar-refractivity contribution is 7.89. The predicted molar refractivity (Wildman–Crippen MR) is 99.1 cm³/mol. The first-order valence-corrected chi connectivity index (χ1v) is 10.3. The maximum Gasteiger partial charge on any atom is 0.340 e. The summed E-state index contributed by atoms with van der Waals surface area (Å²) in [6.07, 6.45) is 0. The van der Waals surface area contributed by atoms with Gasteiger partial charge in [-0.3, -0.25) is 0 Å². The van der Waals surface area contributed by atoms with Crippen LogP contribution in [0.4, 0.5) is 0 Å². The Hall–Kier alpha value is -1.97. The third-order valence-electron chi connectivity index (χ3n) is 3.83. The Balaban J connectivity index is 2.20. The largest absolute Gasteiger partial charge is 0.452 e. The van der Waals surface area contributed by atoms with Gasteiger partial charge in [-0.2, -0.15) is 9.29 Å². The van der Waals surface area contributed by atoms with Crippen LogP contribution in [0.1, 0.15) is 55.7 Å². The molecule has 0 aliphatic carbocycles. The Kier molecular flexibility index (Phi) is 6.96. The molecule has 0 amide bonds. The lowest BCUT2D eigenvalue weighted by molar-refractivity contribution is 0.0429. The van der Waals surface area contributed by atoms with E-state index in [1.165, 1.54) is 22.5 Å². The van der Waals surface area contributed by atoms with E-state index in [0.29, 0.717) is 18.9 Å². The summed E-state index contributed by atoms with van der Waals surface area (Å²) in [6, 6.07) is 3.93. The molecule has 0 aliphatic rings. The highest BCUT2D eigenvalue weighted by Crippen LogP contribution is 2.24. The van der Waals surface area contributed by atoms with Crippen LogP contribution in [-0.4, -0.2) is 41.9 Å². The van der Waals surface area contributed by atoms with Crippen molar-refractivity contribution in [2.24, 2.45) is 0 Å². The van der Waals surface area contributed by atoms with Crippen molar-refractivity contribution in [1.82, 2.24) is 14.4 Å². The van der Waals surface area contributed by atoms with Crippen molar-refractivity contribution >= 4 is 27.6 Å². The molecule has 0 N–H and O–H groups in total. The molecule has 27 heavy (non-hydrogen) atoms. The summed E-state index contributed by atoms with van der Waals surface area (Å²) in [6.45, 7) is 7.68. The Morgan fingerprint density at radius 3 is 2.52 bits per heavy atom. The van der Waals surface area contributed by atoms with Crippen molar-refractivity contribution < 1.29 is 22.5 Å². The van der Waals surface area contributed by atoms with Crippen molar-refractivity contribution in [1.29, 1.82) is 0 Å². The summed E-state index contributed by atoms with van der Waals surface area (Å²) in [5.74, 6) is -0.0445. The molecule has 1 heterocycles. The third-order valence-corrected chi connectivity index (χ3v) is 6.20. The Labute approximate surface area is 163 Å². The second-order valence-corrected chi connectivity index (χ2v) is 8.35. The number of sulfonamides is 1. The molecule has 0 atom stereocenters. The van der Waals surface area contributed by atoms with Gasteiger partial charge >= 0.3 is 5.97 Å². The predicted octanol–water partition coefficient (Wildman–Crippen LogP) is 3.23. The van der Waals surface area contributed by atoms with E-state index >= 15 is 0 Å². The molecular weight excluding hydrogens is 394 g/mol. The van der Waals surface area contributed by atoms with E-state index in [2.05, 4.69) is 10.1 Å². The molecule has 0 saturated carbocycles. The van der Waals surface area contributed by atoms with Crippen molar-refractivity contribution in [3.63, 3.8) is 0 Å². The topological polar surface area (TPSA) is 103 Å². The van der Waals surface area contributed by atoms with Gasteiger partial charge in [-0.15, -0.1) is 0 Å². The van der Waals surface area contributed by atoms with Crippen molar-refractivity contribution in [3.05, 3.63) is 40.5 Å². The van der Waals surface area contributed by atoms with Crippen LogP contribution in [0.2, 0.25) is 5.02 Å². The van der Waals surface area contributed by atoms with E-state index in [1.807, 2.05) is 13.8 Å². The van der Waals surface area contributed by atoms with E-state index in [0.717, 1.165) is 0 Å². The van der Waals surface area contributed by atoms with Crippen LogP contribution in [0, 0.1) is 0 Å². The maximum atomic E-state index is 12.6. The molecule has 10 heteroatoms. The number of nitrogens with zero attached hydrogens (tertiary/aromatic N) is 3. The van der Waals surface area contributed by atoms with Crippen LogP contribution in [0.25, 0.3) is 0 Å². The summed E-state index contributed by atoms with van der Waals surface area (Å²) in [5.41, 5.74) is -0.0477. The Bertz CT molecular complexity index is 907. The van der Waals surface area contributed by atoms with Crippen LogP contribution in [0.3, 0.4) is 0 Å². The molecular formula is C17H22ClN3O5S. The number of ether oxygens (including phenoxy) is 1. The average molecular weight is 416 g/mol. The van der Waals surface area contributed by atoms with Gasteiger partial charge in [-0.1, -0.05) is 44.5 Å². The van der Waals surface area contributed by atoms with E-state index in [-0.39, 0.29) is 33.9 Å². The minimum absolute atomic E-state index is 0.0255. The van der Waals surface area contributed by atoms with Crippen LogP contribution >= 0.6 is 11.6 Å². The van der Waals surface area contributed by atoms with Crippen LogP contribution in [0.5, 0.6) is 0 Å². The van der Waals surface area contributed by atoms with Gasteiger partial charge in [0.25, 0.3) is 5.89 Å². The fourth-order valence-electron chi connectivity index (χ4n) is 2.30. The molecule has 8 nitrogen and oxygen atoms in total. The molecule has 0 spiro atoms. The van der Waals surface area contributed by atoms with Gasteiger partial charge in [0, 0.05) is 19.0 Å². The number of rotatable bonds is 8. The van der Waals surface area contributed by atoms with Crippen LogP contribution in [0.15, 0.2) is 27.6 Å². The summed E-state index contributed by atoms with van der Waals surface area (Å²) >= 11 is 6.06. The third kappa shape index (κ3) is 4.85. The highest BCUT2D eigenvalue weighted by atomic mass is 35.5. The summed E-state index contributed by atoms with van der Waals surface area (Å²) in [7, 11) is -3.72. The number of carbonyl (C=O) groups is 1. The number of benzene rings is 1. The second kappa shape index (κ2) is 8.81. The zero-order valence-electron chi connectivity index (χ0n) is 15.6. The zero-order chi connectivity index (χ0) is 20.2. The van der Waals surface area contributed by atoms with Gasteiger partial charge < -0.3 is 9.26 Å². The maximum absolute atomic E-state index is 12.6. The molecule has 0 bridgehead atoms. The Morgan fingerprint density at radius 2 is 1.96 bits per heavy atom. The summed E-state index contributed by atoms with van der Waals surface area (Å²) < 4.78 is 36.7. The zero-order valence-corrected chi connectivity index (χ0v) is 17.2. The molecule has 1 aromatic heterocycles. The summed E-state index contributed by atoms with van der Waals surface area (Å²) in [4.78, 5) is 16.4. The molecule has 2 rings (SSSR count). The van der Waals surface area contributed by atoms with Gasteiger partial charge in [0.05, 0.1) is 15.5 Å². The van der Waals surface area contributed by atoms with Gasteiger partial charge in [0.1, 0.15) is 0 Å². The lowest BCUT2D eigenvalue weighted by Gasteiger charge is -2.18. The van der Waals surface area contributed by atoms with Crippen molar-refractivity contribution in [2.45, 2.75) is 45.1 Å². The van der Waals surface area contributed by atoms with Crippen LogP contribution in [-0.2, 0) is 21.4 Å².